The predicted octanol–water partition coefficient (Wildman–Crippen LogP) is 1.28. The Morgan fingerprint density at radius 1 is 1.45 bits per heavy atom. The van der Waals surface area contributed by atoms with Crippen LogP contribution in [0, 0.1) is 0 Å². The van der Waals surface area contributed by atoms with Crippen LogP contribution in [0.2, 0.25) is 0 Å². The second-order valence-corrected chi connectivity index (χ2v) is 5.26. The van der Waals surface area contributed by atoms with Crippen LogP contribution in [0.25, 0.3) is 0 Å². The highest BCUT2D eigenvalue weighted by Crippen LogP contribution is 2.22. The topological polar surface area (TPSA) is 65.3 Å². The van der Waals surface area contributed by atoms with Gasteiger partial charge in [0.2, 0.25) is 0 Å². The molecule has 7 heteroatoms. The van der Waals surface area contributed by atoms with Gasteiger partial charge in [0.25, 0.3) is 0 Å². The molecule has 0 aliphatic carbocycles. The molecule has 22 heavy (non-hydrogen) atoms. The second kappa shape index (κ2) is 6.85. The van der Waals surface area contributed by atoms with Crippen molar-refractivity contribution in [3.63, 3.8) is 0 Å². The van der Waals surface area contributed by atoms with Crippen LogP contribution >= 0.6 is 0 Å². The quantitative estimate of drug-likeness (QED) is 0.829. The van der Waals surface area contributed by atoms with Gasteiger partial charge in [0.05, 0.1) is 19.4 Å². The summed E-state index contributed by atoms with van der Waals surface area (Å²) in [5.74, 6) is 1.73. The van der Waals surface area contributed by atoms with Crippen molar-refractivity contribution < 1.29 is 9.47 Å². The number of nitrogens with zero attached hydrogens (tertiary/aromatic N) is 5. The number of methoxy groups -OCH3 is 1. The summed E-state index contributed by atoms with van der Waals surface area (Å²) in [6, 6.07) is 3.83. The summed E-state index contributed by atoms with van der Waals surface area (Å²) in [7, 11) is 1.67. The molecule has 1 aliphatic heterocycles. The number of morpholine rings is 1. The van der Waals surface area contributed by atoms with Gasteiger partial charge in [0, 0.05) is 38.4 Å². The molecule has 0 saturated carbocycles. The molecule has 1 aliphatic rings. The highest BCUT2D eigenvalue weighted by Gasteiger charge is 2.26. The standard InChI is InChI=1S/C15H21N5O2/c1-3-20-11-17-18-15(20)14-10-19(6-7-22-14)9-12-8-13(21-2)4-5-16-12/h4-5,8,11,14H,3,6-7,9-10H2,1-2H3. The predicted molar refractivity (Wildman–Crippen MR) is 80.5 cm³/mol. The maximum atomic E-state index is 5.87. The first kappa shape index (κ1) is 14.9. The fourth-order valence-electron chi connectivity index (χ4n) is 2.66. The van der Waals surface area contributed by atoms with Gasteiger partial charge in [0.15, 0.2) is 5.82 Å². The van der Waals surface area contributed by atoms with Gasteiger partial charge in [0.1, 0.15) is 18.2 Å². The van der Waals surface area contributed by atoms with Crippen LogP contribution in [0.1, 0.15) is 24.5 Å². The van der Waals surface area contributed by atoms with Crippen molar-refractivity contribution in [3.8, 4) is 5.75 Å². The summed E-state index contributed by atoms with van der Waals surface area (Å²) < 4.78 is 13.1. The lowest BCUT2D eigenvalue weighted by molar-refractivity contribution is -0.0392. The van der Waals surface area contributed by atoms with E-state index in [4.69, 9.17) is 9.47 Å². The number of hydrogen-bond donors (Lipinski definition) is 0. The molecule has 1 fully saturated rings. The third kappa shape index (κ3) is 3.26. The van der Waals surface area contributed by atoms with Crippen LogP contribution in [0.4, 0.5) is 0 Å². The first-order chi connectivity index (χ1) is 10.8. The van der Waals surface area contributed by atoms with Crippen molar-refractivity contribution in [1.29, 1.82) is 0 Å². The molecule has 7 nitrogen and oxygen atoms in total. The smallest absolute Gasteiger partial charge is 0.163 e. The molecule has 0 spiro atoms. The number of pyridine rings is 1. The number of hydrogen-bond acceptors (Lipinski definition) is 6. The second-order valence-electron chi connectivity index (χ2n) is 5.26. The Balaban J connectivity index is 1.68. The van der Waals surface area contributed by atoms with E-state index in [0.717, 1.165) is 43.4 Å². The molecule has 1 unspecified atom stereocenters. The summed E-state index contributed by atoms with van der Waals surface area (Å²) in [6.07, 6.45) is 3.49. The van der Waals surface area contributed by atoms with Crippen molar-refractivity contribution in [2.45, 2.75) is 26.1 Å². The SMILES string of the molecule is CCn1cnnc1C1CN(Cc2cc(OC)ccn2)CCO1. The Morgan fingerprint density at radius 3 is 3.18 bits per heavy atom. The zero-order valence-corrected chi connectivity index (χ0v) is 13.0. The fourth-order valence-corrected chi connectivity index (χ4v) is 2.66. The van der Waals surface area contributed by atoms with Crippen LogP contribution in [0.15, 0.2) is 24.7 Å². The van der Waals surface area contributed by atoms with Crippen molar-refractivity contribution in [3.05, 3.63) is 36.2 Å². The lowest BCUT2D eigenvalue weighted by atomic mass is 10.2. The maximum Gasteiger partial charge on any atom is 0.163 e. The molecule has 0 amide bonds. The van der Waals surface area contributed by atoms with Gasteiger partial charge in [-0.15, -0.1) is 10.2 Å². The Morgan fingerprint density at radius 2 is 2.36 bits per heavy atom. The minimum atomic E-state index is -0.0400. The Hall–Kier alpha value is -1.99. The van der Waals surface area contributed by atoms with E-state index in [2.05, 4.69) is 27.0 Å². The third-order valence-corrected chi connectivity index (χ3v) is 3.83. The zero-order chi connectivity index (χ0) is 15.4. The summed E-state index contributed by atoms with van der Waals surface area (Å²) in [6.45, 7) is 6.06. The average molecular weight is 303 g/mol. The van der Waals surface area contributed by atoms with Crippen molar-refractivity contribution in [2.24, 2.45) is 0 Å². The summed E-state index contributed by atoms with van der Waals surface area (Å²) in [5.41, 5.74) is 0.997. The first-order valence-electron chi connectivity index (χ1n) is 7.50. The van der Waals surface area contributed by atoms with E-state index in [-0.39, 0.29) is 6.10 Å². The largest absolute Gasteiger partial charge is 0.497 e. The lowest BCUT2D eigenvalue weighted by Crippen LogP contribution is -2.38. The highest BCUT2D eigenvalue weighted by molar-refractivity contribution is 5.22. The summed E-state index contributed by atoms with van der Waals surface area (Å²) in [5, 5.41) is 8.19. The van der Waals surface area contributed by atoms with E-state index in [1.165, 1.54) is 0 Å². The minimum absolute atomic E-state index is 0.0400. The van der Waals surface area contributed by atoms with Crippen LogP contribution in [-0.2, 0) is 17.8 Å². The highest BCUT2D eigenvalue weighted by atomic mass is 16.5. The molecular formula is C15H21N5O2. The van der Waals surface area contributed by atoms with Gasteiger partial charge in [-0.1, -0.05) is 0 Å². The molecule has 2 aromatic heterocycles. The molecule has 3 heterocycles. The normalized spacial score (nSPS) is 19.3. The van der Waals surface area contributed by atoms with E-state index >= 15 is 0 Å². The number of rotatable bonds is 5. The molecule has 2 aromatic rings. The van der Waals surface area contributed by atoms with Crippen LogP contribution in [0.5, 0.6) is 5.75 Å². The Labute approximate surface area is 129 Å². The Kier molecular flexibility index (Phi) is 4.65. The van der Waals surface area contributed by atoms with Crippen molar-refractivity contribution in [1.82, 2.24) is 24.6 Å². The van der Waals surface area contributed by atoms with Gasteiger partial charge in [-0.2, -0.15) is 0 Å². The zero-order valence-electron chi connectivity index (χ0n) is 13.0. The van der Waals surface area contributed by atoms with Gasteiger partial charge in [-0.3, -0.25) is 9.88 Å². The number of aryl methyl sites for hydroxylation is 1. The molecule has 3 rings (SSSR count). The lowest BCUT2D eigenvalue weighted by Gasteiger charge is -2.32. The molecule has 0 bridgehead atoms. The van der Waals surface area contributed by atoms with Crippen LogP contribution in [0.3, 0.4) is 0 Å². The molecule has 0 aromatic carbocycles. The number of aromatic nitrogens is 4. The Bertz CT molecular complexity index is 615. The third-order valence-electron chi connectivity index (χ3n) is 3.83. The molecule has 118 valence electrons. The maximum absolute atomic E-state index is 5.87. The van der Waals surface area contributed by atoms with Crippen molar-refractivity contribution in [2.75, 3.05) is 26.8 Å². The van der Waals surface area contributed by atoms with Crippen LogP contribution < -0.4 is 4.74 Å². The van der Waals surface area contributed by atoms with Gasteiger partial charge >= 0.3 is 0 Å². The minimum Gasteiger partial charge on any atom is -0.497 e. The van der Waals surface area contributed by atoms with E-state index in [1.54, 1.807) is 19.6 Å². The first-order valence-corrected chi connectivity index (χ1v) is 7.50. The molecule has 0 N–H and O–H groups in total. The molecule has 0 radical (unpaired) electrons. The van der Waals surface area contributed by atoms with E-state index in [0.29, 0.717) is 6.61 Å². The summed E-state index contributed by atoms with van der Waals surface area (Å²) in [4.78, 5) is 6.73. The molecular weight excluding hydrogens is 282 g/mol. The van der Waals surface area contributed by atoms with Gasteiger partial charge in [-0.05, 0) is 13.0 Å². The monoisotopic (exact) mass is 303 g/mol. The molecule has 1 atom stereocenters. The van der Waals surface area contributed by atoms with E-state index in [9.17, 15) is 0 Å². The molecule has 1 saturated heterocycles. The fraction of sp³-hybridized carbons (Fsp3) is 0.533. The van der Waals surface area contributed by atoms with Gasteiger partial charge < -0.3 is 14.0 Å². The van der Waals surface area contributed by atoms with E-state index in [1.807, 2.05) is 16.7 Å². The number of ether oxygens (including phenoxy) is 2. The van der Waals surface area contributed by atoms with E-state index < -0.39 is 0 Å². The average Bonchev–Trinajstić information content (AvgIpc) is 3.04. The van der Waals surface area contributed by atoms with Crippen LogP contribution in [-0.4, -0.2) is 51.5 Å². The van der Waals surface area contributed by atoms with Gasteiger partial charge in [-0.25, -0.2) is 0 Å². The van der Waals surface area contributed by atoms with Crippen molar-refractivity contribution >= 4 is 0 Å². The summed E-state index contributed by atoms with van der Waals surface area (Å²) >= 11 is 0.